The van der Waals surface area contributed by atoms with Gasteiger partial charge in [0.25, 0.3) is 0 Å². The lowest BCUT2D eigenvalue weighted by Gasteiger charge is -2.32. The van der Waals surface area contributed by atoms with E-state index in [1.165, 1.54) is 12.1 Å². The van der Waals surface area contributed by atoms with Gasteiger partial charge in [0, 0.05) is 18.8 Å². The summed E-state index contributed by atoms with van der Waals surface area (Å²) in [5.74, 6) is -0.299. The van der Waals surface area contributed by atoms with Gasteiger partial charge in [0.05, 0.1) is 12.7 Å². The third-order valence-corrected chi connectivity index (χ3v) is 4.49. The first-order chi connectivity index (χ1) is 12.1. The maximum Gasteiger partial charge on any atom is 0.321 e. The molecule has 4 nitrogen and oxygen atoms in total. The van der Waals surface area contributed by atoms with E-state index in [0.717, 1.165) is 24.0 Å². The van der Waals surface area contributed by atoms with E-state index >= 15 is 0 Å². The Balaban J connectivity index is 1.46. The van der Waals surface area contributed by atoms with Crippen molar-refractivity contribution in [2.45, 2.75) is 32.5 Å². The van der Waals surface area contributed by atoms with Gasteiger partial charge in [-0.05, 0) is 49.1 Å². The third kappa shape index (κ3) is 4.79. The van der Waals surface area contributed by atoms with Crippen LogP contribution in [0.25, 0.3) is 0 Å². The average Bonchev–Trinajstić information content (AvgIpc) is 2.63. The predicted molar refractivity (Wildman–Crippen MR) is 96.0 cm³/mol. The summed E-state index contributed by atoms with van der Waals surface area (Å²) in [5.41, 5.74) is 2.53. The normalized spacial score (nSPS) is 15.2. The number of likely N-dealkylation sites (tertiary alicyclic amines) is 1. The van der Waals surface area contributed by atoms with Gasteiger partial charge in [0.1, 0.15) is 5.82 Å². The van der Waals surface area contributed by atoms with Gasteiger partial charge in [-0.25, -0.2) is 9.18 Å². The van der Waals surface area contributed by atoms with Crippen molar-refractivity contribution >= 4 is 11.7 Å². The van der Waals surface area contributed by atoms with Crippen molar-refractivity contribution in [3.05, 3.63) is 65.5 Å². The van der Waals surface area contributed by atoms with E-state index in [4.69, 9.17) is 4.74 Å². The zero-order chi connectivity index (χ0) is 17.6. The smallest absolute Gasteiger partial charge is 0.321 e. The fraction of sp³-hybridized carbons (Fsp3) is 0.350. The van der Waals surface area contributed by atoms with Crippen LogP contribution in [0.3, 0.4) is 0 Å². The van der Waals surface area contributed by atoms with Crippen LogP contribution < -0.4 is 5.32 Å². The highest BCUT2D eigenvalue weighted by atomic mass is 19.1. The molecule has 5 heteroatoms. The Morgan fingerprint density at radius 1 is 1.20 bits per heavy atom. The SMILES string of the molecule is Cc1cc(F)ccc1NC(=O)N1CCC(OCc2ccccc2)CC1. The van der Waals surface area contributed by atoms with Gasteiger partial charge in [-0.1, -0.05) is 30.3 Å². The fourth-order valence-electron chi connectivity index (χ4n) is 2.98. The van der Waals surface area contributed by atoms with E-state index in [1.807, 2.05) is 30.3 Å². The second-order valence-corrected chi connectivity index (χ2v) is 6.37. The van der Waals surface area contributed by atoms with Gasteiger partial charge >= 0.3 is 6.03 Å². The molecule has 0 spiro atoms. The third-order valence-electron chi connectivity index (χ3n) is 4.49. The van der Waals surface area contributed by atoms with E-state index in [1.54, 1.807) is 17.9 Å². The summed E-state index contributed by atoms with van der Waals surface area (Å²) in [6.45, 7) is 3.70. The Hall–Kier alpha value is -2.40. The Kier molecular flexibility index (Phi) is 5.66. The van der Waals surface area contributed by atoms with Crippen molar-refractivity contribution in [3.8, 4) is 0 Å². The van der Waals surface area contributed by atoms with Gasteiger partial charge in [-0.2, -0.15) is 0 Å². The molecule has 1 aliphatic heterocycles. The minimum Gasteiger partial charge on any atom is -0.373 e. The highest BCUT2D eigenvalue weighted by Crippen LogP contribution is 2.19. The van der Waals surface area contributed by atoms with E-state index in [9.17, 15) is 9.18 Å². The lowest BCUT2D eigenvalue weighted by Crippen LogP contribution is -2.43. The van der Waals surface area contributed by atoms with Crippen LogP contribution in [-0.4, -0.2) is 30.1 Å². The van der Waals surface area contributed by atoms with Crippen LogP contribution in [0, 0.1) is 12.7 Å². The van der Waals surface area contributed by atoms with Crippen LogP contribution in [0.5, 0.6) is 0 Å². The Morgan fingerprint density at radius 3 is 2.60 bits per heavy atom. The number of hydrogen-bond acceptors (Lipinski definition) is 2. The van der Waals surface area contributed by atoms with E-state index in [-0.39, 0.29) is 18.0 Å². The van der Waals surface area contributed by atoms with Crippen molar-refractivity contribution < 1.29 is 13.9 Å². The quantitative estimate of drug-likeness (QED) is 0.898. The molecule has 1 heterocycles. The molecular formula is C20H23FN2O2. The molecule has 0 saturated carbocycles. The molecule has 2 amide bonds. The summed E-state index contributed by atoms with van der Waals surface area (Å²) >= 11 is 0. The number of halogens is 1. The summed E-state index contributed by atoms with van der Waals surface area (Å²) < 4.78 is 19.1. The fourth-order valence-corrected chi connectivity index (χ4v) is 2.98. The molecule has 0 unspecified atom stereocenters. The van der Waals surface area contributed by atoms with Crippen molar-refractivity contribution in [3.63, 3.8) is 0 Å². The number of rotatable bonds is 4. The molecule has 0 aromatic heterocycles. The number of nitrogens with zero attached hydrogens (tertiary/aromatic N) is 1. The number of carbonyl (C=O) groups excluding carboxylic acids is 1. The van der Waals surface area contributed by atoms with Crippen molar-refractivity contribution in [2.75, 3.05) is 18.4 Å². The minimum absolute atomic E-state index is 0.142. The van der Waals surface area contributed by atoms with E-state index in [0.29, 0.717) is 25.4 Å². The zero-order valence-electron chi connectivity index (χ0n) is 14.4. The zero-order valence-corrected chi connectivity index (χ0v) is 14.4. The maximum absolute atomic E-state index is 13.1. The highest BCUT2D eigenvalue weighted by Gasteiger charge is 2.23. The van der Waals surface area contributed by atoms with Gasteiger partial charge in [-0.3, -0.25) is 0 Å². The molecule has 1 fully saturated rings. The number of piperidine rings is 1. The first-order valence-corrected chi connectivity index (χ1v) is 8.59. The molecule has 0 aliphatic carbocycles. The van der Waals surface area contributed by atoms with Crippen LogP contribution in [0.4, 0.5) is 14.9 Å². The number of ether oxygens (including phenoxy) is 1. The molecule has 2 aromatic carbocycles. The van der Waals surface area contributed by atoms with Crippen LogP contribution in [0.2, 0.25) is 0 Å². The summed E-state index contributed by atoms with van der Waals surface area (Å²) in [6.07, 6.45) is 1.82. The second-order valence-electron chi connectivity index (χ2n) is 6.37. The number of amides is 2. The molecule has 3 rings (SSSR count). The maximum atomic E-state index is 13.1. The summed E-state index contributed by atoms with van der Waals surface area (Å²) in [7, 11) is 0. The molecule has 132 valence electrons. The van der Waals surface area contributed by atoms with Crippen LogP contribution >= 0.6 is 0 Å². The predicted octanol–water partition coefficient (Wildman–Crippen LogP) is 4.35. The van der Waals surface area contributed by atoms with Gasteiger partial charge < -0.3 is 15.0 Å². The number of anilines is 1. The molecule has 0 bridgehead atoms. The molecule has 2 aromatic rings. The number of hydrogen-bond donors (Lipinski definition) is 1. The average molecular weight is 342 g/mol. The Labute approximate surface area is 147 Å². The molecule has 1 aliphatic rings. The lowest BCUT2D eigenvalue weighted by molar-refractivity contribution is 0.00540. The summed E-state index contributed by atoms with van der Waals surface area (Å²) in [4.78, 5) is 14.2. The monoisotopic (exact) mass is 342 g/mol. The topological polar surface area (TPSA) is 41.6 Å². The van der Waals surface area contributed by atoms with E-state index < -0.39 is 0 Å². The summed E-state index contributed by atoms with van der Waals surface area (Å²) in [6, 6.07) is 14.3. The summed E-state index contributed by atoms with van der Waals surface area (Å²) in [5, 5.41) is 2.86. The standard InChI is InChI=1S/C20H23FN2O2/c1-15-13-17(21)7-8-19(15)22-20(24)23-11-9-18(10-12-23)25-14-16-5-3-2-4-6-16/h2-8,13,18H,9-12,14H2,1H3,(H,22,24). The number of nitrogens with one attached hydrogen (secondary N) is 1. The molecule has 1 N–H and O–H groups in total. The van der Waals surface area contributed by atoms with Crippen molar-refractivity contribution in [2.24, 2.45) is 0 Å². The molecular weight excluding hydrogens is 319 g/mol. The largest absolute Gasteiger partial charge is 0.373 e. The number of carbonyl (C=O) groups is 1. The minimum atomic E-state index is -0.299. The molecule has 25 heavy (non-hydrogen) atoms. The van der Waals surface area contributed by atoms with Crippen LogP contribution in [0.15, 0.2) is 48.5 Å². The van der Waals surface area contributed by atoms with Crippen molar-refractivity contribution in [1.29, 1.82) is 0 Å². The molecule has 1 saturated heterocycles. The van der Waals surface area contributed by atoms with Gasteiger partial charge in [-0.15, -0.1) is 0 Å². The Bertz CT molecular complexity index is 713. The number of benzene rings is 2. The molecule has 0 atom stereocenters. The first-order valence-electron chi connectivity index (χ1n) is 8.59. The van der Waals surface area contributed by atoms with Gasteiger partial charge in [0.2, 0.25) is 0 Å². The lowest BCUT2D eigenvalue weighted by atomic mass is 10.1. The molecule has 0 radical (unpaired) electrons. The number of aryl methyl sites for hydroxylation is 1. The number of urea groups is 1. The van der Waals surface area contributed by atoms with Crippen LogP contribution in [0.1, 0.15) is 24.0 Å². The Morgan fingerprint density at radius 2 is 1.92 bits per heavy atom. The first kappa shape index (κ1) is 17.4. The highest BCUT2D eigenvalue weighted by molar-refractivity contribution is 5.90. The van der Waals surface area contributed by atoms with Gasteiger partial charge in [0.15, 0.2) is 0 Å². The second kappa shape index (κ2) is 8.12. The van der Waals surface area contributed by atoms with Crippen molar-refractivity contribution in [1.82, 2.24) is 4.90 Å². The van der Waals surface area contributed by atoms with Crippen LogP contribution in [-0.2, 0) is 11.3 Å². The van der Waals surface area contributed by atoms with E-state index in [2.05, 4.69) is 5.32 Å².